The topological polar surface area (TPSA) is 70.8 Å². The third-order valence-corrected chi connectivity index (χ3v) is 2.16. The van der Waals surface area contributed by atoms with Crippen LogP contribution in [0.5, 0.6) is 5.75 Å². The molecule has 0 radical (unpaired) electrons. The van der Waals surface area contributed by atoms with Crippen molar-refractivity contribution >= 4 is 11.5 Å². The van der Waals surface area contributed by atoms with Gasteiger partial charge in [0.2, 0.25) is 0 Å². The molecule has 17 heavy (non-hydrogen) atoms. The van der Waals surface area contributed by atoms with Gasteiger partial charge in [0.05, 0.1) is 12.8 Å². The van der Waals surface area contributed by atoms with E-state index in [1.165, 1.54) is 12.4 Å². The van der Waals surface area contributed by atoms with Gasteiger partial charge in [-0.1, -0.05) is 12.1 Å². The Labute approximate surface area is 98.7 Å². The van der Waals surface area contributed by atoms with Crippen LogP contribution in [0.4, 0.5) is 11.5 Å². The average Bonchev–Trinajstić information content (AvgIpc) is 2.40. The largest absolute Gasteiger partial charge is 0.495 e. The first-order valence-electron chi connectivity index (χ1n) is 4.96. The third kappa shape index (κ3) is 2.32. The maximum Gasteiger partial charge on any atom is 0.183 e. The molecule has 1 heterocycles. The molecule has 1 N–H and O–H groups in total. The highest BCUT2D eigenvalue weighted by molar-refractivity contribution is 5.66. The number of benzene rings is 1. The summed E-state index contributed by atoms with van der Waals surface area (Å²) in [6.07, 6.45) is 3.00. The summed E-state index contributed by atoms with van der Waals surface area (Å²) >= 11 is 0. The third-order valence-electron chi connectivity index (χ3n) is 2.16. The Morgan fingerprint density at radius 1 is 1.24 bits per heavy atom. The van der Waals surface area contributed by atoms with Crippen LogP contribution in [0.25, 0.3) is 0 Å². The van der Waals surface area contributed by atoms with Crippen molar-refractivity contribution in [1.82, 2.24) is 9.97 Å². The van der Waals surface area contributed by atoms with Gasteiger partial charge in [0.1, 0.15) is 11.8 Å². The quantitative estimate of drug-likeness (QED) is 0.867. The number of ether oxygens (including phenoxy) is 1. The minimum Gasteiger partial charge on any atom is -0.495 e. The van der Waals surface area contributed by atoms with Gasteiger partial charge in [-0.2, -0.15) is 5.26 Å². The summed E-state index contributed by atoms with van der Waals surface area (Å²) < 4.78 is 5.20. The molecule has 0 atom stereocenters. The predicted molar refractivity (Wildman–Crippen MR) is 63.0 cm³/mol. The highest BCUT2D eigenvalue weighted by Gasteiger charge is 2.07. The molecule has 84 valence electrons. The Balaban J connectivity index is 2.35. The van der Waals surface area contributed by atoms with Gasteiger partial charge in [0.25, 0.3) is 0 Å². The summed E-state index contributed by atoms with van der Waals surface area (Å²) in [5.41, 5.74) is 0.991. The number of methoxy groups -OCH3 is 1. The van der Waals surface area contributed by atoms with Gasteiger partial charge in [0.15, 0.2) is 11.5 Å². The molecule has 0 saturated carbocycles. The lowest BCUT2D eigenvalue weighted by Crippen LogP contribution is -2.00. The Hall–Kier alpha value is -2.61. The lowest BCUT2D eigenvalue weighted by Gasteiger charge is -2.10. The van der Waals surface area contributed by atoms with Crippen molar-refractivity contribution in [3.8, 4) is 11.8 Å². The van der Waals surface area contributed by atoms with Crippen molar-refractivity contribution in [2.24, 2.45) is 0 Å². The maximum atomic E-state index is 8.90. The van der Waals surface area contributed by atoms with Crippen LogP contribution in [0.2, 0.25) is 0 Å². The summed E-state index contributed by atoms with van der Waals surface area (Å²) in [4.78, 5) is 7.99. The number of nitrogens with one attached hydrogen (secondary N) is 1. The molecule has 0 fully saturated rings. The van der Waals surface area contributed by atoms with Crippen LogP contribution < -0.4 is 10.1 Å². The number of hydrogen-bond donors (Lipinski definition) is 1. The Kier molecular flexibility index (Phi) is 3.17. The van der Waals surface area contributed by atoms with Gasteiger partial charge >= 0.3 is 0 Å². The van der Waals surface area contributed by atoms with Crippen molar-refractivity contribution < 1.29 is 4.74 Å². The monoisotopic (exact) mass is 226 g/mol. The summed E-state index contributed by atoms with van der Waals surface area (Å²) in [5.74, 6) is 1.10. The van der Waals surface area contributed by atoms with Crippen molar-refractivity contribution in [2.45, 2.75) is 0 Å². The molecule has 2 aromatic rings. The SMILES string of the molecule is COc1ccccc1Nc1nccnc1C#N. The first kappa shape index (κ1) is 10.9. The number of aromatic nitrogens is 2. The number of nitrogens with zero attached hydrogens (tertiary/aromatic N) is 3. The summed E-state index contributed by atoms with van der Waals surface area (Å²) in [7, 11) is 1.59. The lowest BCUT2D eigenvalue weighted by atomic mass is 10.3. The standard InChI is InChI=1S/C12H10N4O/c1-17-11-5-3-2-4-9(11)16-12-10(8-13)14-6-7-15-12/h2-7H,1H3,(H,15,16). The Morgan fingerprint density at radius 2 is 2.00 bits per heavy atom. The second kappa shape index (κ2) is 4.94. The number of para-hydroxylation sites is 2. The minimum absolute atomic E-state index is 0.249. The van der Waals surface area contributed by atoms with Crippen molar-refractivity contribution in [3.05, 3.63) is 42.4 Å². The van der Waals surface area contributed by atoms with E-state index in [-0.39, 0.29) is 5.69 Å². The van der Waals surface area contributed by atoms with E-state index in [0.29, 0.717) is 11.6 Å². The molecule has 5 nitrogen and oxygen atoms in total. The smallest absolute Gasteiger partial charge is 0.183 e. The first-order valence-corrected chi connectivity index (χ1v) is 4.96. The molecule has 0 aliphatic rings. The predicted octanol–water partition coefficient (Wildman–Crippen LogP) is 2.10. The van der Waals surface area contributed by atoms with Crippen LogP contribution in [-0.4, -0.2) is 17.1 Å². The van der Waals surface area contributed by atoms with Gasteiger partial charge in [0, 0.05) is 12.4 Å². The van der Waals surface area contributed by atoms with Gasteiger partial charge in [-0.15, -0.1) is 0 Å². The van der Waals surface area contributed by atoms with Crippen LogP contribution in [0.15, 0.2) is 36.7 Å². The van der Waals surface area contributed by atoms with Crippen molar-refractivity contribution in [3.63, 3.8) is 0 Å². The van der Waals surface area contributed by atoms with E-state index in [1.807, 2.05) is 30.3 Å². The highest BCUT2D eigenvalue weighted by Crippen LogP contribution is 2.26. The first-order chi connectivity index (χ1) is 8.35. The van der Waals surface area contributed by atoms with E-state index < -0.39 is 0 Å². The number of hydrogen-bond acceptors (Lipinski definition) is 5. The van der Waals surface area contributed by atoms with Crippen LogP contribution >= 0.6 is 0 Å². The molecule has 5 heteroatoms. The molecule has 1 aromatic heterocycles. The molecule has 2 rings (SSSR count). The minimum atomic E-state index is 0.249. The van der Waals surface area contributed by atoms with E-state index in [4.69, 9.17) is 10.00 Å². The van der Waals surface area contributed by atoms with E-state index >= 15 is 0 Å². The van der Waals surface area contributed by atoms with E-state index in [2.05, 4.69) is 15.3 Å². The number of nitriles is 1. The van der Waals surface area contributed by atoms with Gasteiger partial charge < -0.3 is 10.1 Å². The molecule has 0 saturated heterocycles. The fourth-order valence-corrected chi connectivity index (χ4v) is 1.39. The molecule has 1 aromatic carbocycles. The van der Waals surface area contributed by atoms with Crippen molar-refractivity contribution in [1.29, 1.82) is 5.26 Å². The lowest BCUT2D eigenvalue weighted by molar-refractivity contribution is 0.417. The number of rotatable bonds is 3. The average molecular weight is 226 g/mol. The summed E-state index contributed by atoms with van der Waals surface area (Å²) in [5, 5.41) is 11.9. The van der Waals surface area contributed by atoms with E-state index in [1.54, 1.807) is 7.11 Å². The summed E-state index contributed by atoms with van der Waals surface area (Å²) in [6.45, 7) is 0. The fraction of sp³-hybridized carbons (Fsp3) is 0.0833. The molecule has 0 bridgehead atoms. The number of anilines is 2. The molecule has 0 spiro atoms. The van der Waals surface area contributed by atoms with Crippen LogP contribution in [-0.2, 0) is 0 Å². The Morgan fingerprint density at radius 3 is 2.76 bits per heavy atom. The zero-order valence-electron chi connectivity index (χ0n) is 9.21. The normalized spacial score (nSPS) is 9.41. The molecular formula is C12H10N4O. The Bertz CT molecular complexity index is 562. The van der Waals surface area contributed by atoms with Crippen LogP contribution in [0, 0.1) is 11.3 Å². The van der Waals surface area contributed by atoms with E-state index in [0.717, 1.165) is 5.69 Å². The highest BCUT2D eigenvalue weighted by atomic mass is 16.5. The second-order valence-electron chi connectivity index (χ2n) is 3.19. The second-order valence-corrected chi connectivity index (χ2v) is 3.19. The molecular weight excluding hydrogens is 216 g/mol. The maximum absolute atomic E-state index is 8.90. The van der Waals surface area contributed by atoms with Gasteiger partial charge in [-0.3, -0.25) is 0 Å². The zero-order chi connectivity index (χ0) is 12.1. The zero-order valence-corrected chi connectivity index (χ0v) is 9.21. The van der Waals surface area contributed by atoms with Crippen LogP contribution in [0.1, 0.15) is 5.69 Å². The van der Waals surface area contributed by atoms with Gasteiger partial charge in [-0.05, 0) is 12.1 Å². The molecule has 0 amide bonds. The van der Waals surface area contributed by atoms with E-state index in [9.17, 15) is 0 Å². The summed E-state index contributed by atoms with van der Waals surface area (Å²) in [6, 6.07) is 9.38. The molecule has 0 unspecified atom stereocenters. The molecule has 0 aliphatic heterocycles. The fourth-order valence-electron chi connectivity index (χ4n) is 1.39. The molecule has 0 aliphatic carbocycles. The van der Waals surface area contributed by atoms with Crippen LogP contribution in [0.3, 0.4) is 0 Å². The van der Waals surface area contributed by atoms with Crippen molar-refractivity contribution in [2.75, 3.05) is 12.4 Å². The van der Waals surface area contributed by atoms with Gasteiger partial charge in [-0.25, -0.2) is 9.97 Å².